The number of carbonyl (C=O) groups excluding carboxylic acids is 2. The maximum Gasteiger partial charge on any atom is 0.317 e. The van der Waals surface area contributed by atoms with Crippen LogP contribution in [0.4, 0.5) is 4.79 Å². The van der Waals surface area contributed by atoms with Crippen molar-refractivity contribution in [2.75, 3.05) is 59.7 Å². The molecular formula is C24H36N4O4. The zero-order valence-electron chi connectivity index (χ0n) is 19.1. The second-order valence-corrected chi connectivity index (χ2v) is 9.19. The number of amides is 3. The van der Waals surface area contributed by atoms with Crippen LogP contribution < -0.4 is 5.32 Å². The highest BCUT2D eigenvalue weighted by molar-refractivity contribution is 5.79. The van der Waals surface area contributed by atoms with E-state index in [-0.39, 0.29) is 17.5 Å². The summed E-state index contributed by atoms with van der Waals surface area (Å²) in [6.45, 7) is 5.92. The molecule has 3 aliphatic heterocycles. The van der Waals surface area contributed by atoms with E-state index in [1.807, 2.05) is 28.0 Å². The molecule has 0 aliphatic carbocycles. The Morgan fingerprint density at radius 3 is 2.72 bits per heavy atom. The van der Waals surface area contributed by atoms with E-state index in [9.17, 15) is 9.59 Å². The minimum atomic E-state index is -0.113. The maximum absolute atomic E-state index is 13.1. The predicted molar refractivity (Wildman–Crippen MR) is 121 cm³/mol. The molecular weight excluding hydrogens is 408 g/mol. The first-order chi connectivity index (χ1) is 15.6. The van der Waals surface area contributed by atoms with E-state index in [2.05, 4.69) is 22.3 Å². The number of nitrogens with one attached hydrogen (secondary N) is 1. The summed E-state index contributed by atoms with van der Waals surface area (Å²) in [5.41, 5.74) is 1.05. The van der Waals surface area contributed by atoms with Crippen molar-refractivity contribution in [1.29, 1.82) is 0 Å². The van der Waals surface area contributed by atoms with Gasteiger partial charge >= 0.3 is 6.03 Å². The van der Waals surface area contributed by atoms with Gasteiger partial charge in [0.25, 0.3) is 0 Å². The van der Waals surface area contributed by atoms with Crippen molar-refractivity contribution in [3.63, 3.8) is 0 Å². The Balaban J connectivity index is 1.35. The average Bonchev–Trinajstić information content (AvgIpc) is 3.28. The van der Waals surface area contributed by atoms with Gasteiger partial charge in [0.05, 0.1) is 18.7 Å². The van der Waals surface area contributed by atoms with E-state index in [0.29, 0.717) is 45.4 Å². The number of likely N-dealkylation sites (tertiary alicyclic amines) is 1. The van der Waals surface area contributed by atoms with Crippen LogP contribution in [0.2, 0.25) is 0 Å². The lowest BCUT2D eigenvalue weighted by Gasteiger charge is -2.52. The monoisotopic (exact) mass is 444 g/mol. The molecule has 3 aliphatic rings. The molecule has 0 aromatic heterocycles. The molecule has 1 N–H and O–H groups in total. The van der Waals surface area contributed by atoms with Crippen LogP contribution in [0.15, 0.2) is 30.3 Å². The van der Waals surface area contributed by atoms with Gasteiger partial charge in [-0.1, -0.05) is 30.3 Å². The zero-order chi connectivity index (χ0) is 22.4. The van der Waals surface area contributed by atoms with Crippen molar-refractivity contribution in [2.45, 2.75) is 43.8 Å². The molecule has 3 fully saturated rings. The first-order valence-corrected chi connectivity index (χ1v) is 11.8. The van der Waals surface area contributed by atoms with E-state index in [1.54, 1.807) is 7.11 Å². The van der Waals surface area contributed by atoms with Gasteiger partial charge in [0.2, 0.25) is 5.91 Å². The van der Waals surface area contributed by atoms with Gasteiger partial charge in [-0.3, -0.25) is 9.69 Å². The zero-order valence-corrected chi connectivity index (χ0v) is 19.1. The van der Waals surface area contributed by atoms with Crippen LogP contribution in [0.1, 0.15) is 31.2 Å². The number of hydrogen-bond acceptors (Lipinski definition) is 5. The standard InChI is InChI=1S/C24H36N4O4/c1-31-14-5-11-25-23(30)26-12-8-21(9-13-26)28-17-22(29)27(16-20-6-3-2-4-7-20)18-24(28)10-15-32-19-24/h2-4,6-7,21H,5,8-19H2,1H3,(H,25,30). The van der Waals surface area contributed by atoms with Crippen LogP contribution >= 0.6 is 0 Å². The van der Waals surface area contributed by atoms with Crippen LogP contribution in [0.3, 0.4) is 0 Å². The molecule has 8 nitrogen and oxygen atoms in total. The molecule has 4 rings (SSSR count). The van der Waals surface area contributed by atoms with Gasteiger partial charge in [0.1, 0.15) is 0 Å². The number of piperidine rings is 1. The van der Waals surface area contributed by atoms with E-state index in [4.69, 9.17) is 9.47 Å². The smallest absolute Gasteiger partial charge is 0.317 e. The summed E-state index contributed by atoms with van der Waals surface area (Å²) in [4.78, 5) is 31.9. The van der Waals surface area contributed by atoms with Crippen LogP contribution in [-0.2, 0) is 20.8 Å². The second-order valence-electron chi connectivity index (χ2n) is 9.19. The minimum Gasteiger partial charge on any atom is -0.385 e. The molecule has 3 saturated heterocycles. The van der Waals surface area contributed by atoms with E-state index < -0.39 is 0 Å². The number of carbonyl (C=O) groups is 2. The van der Waals surface area contributed by atoms with Gasteiger partial charge in [-0.25, -0.2) is 4.79 Å². The number of hydrogen-bond donors (Lipinski definition) is 1. The van der Waals surface area contributed by atoms with Gasteiger partial charge < -0.3 is 24.6 Å². The van der Waals surface area contributed by atoms with Crippen LogP contribution in [0, 0.1) is 0 Å². The van der Waals surface area contributed by atoms with Crippen molar-refractivity contribution in [1.82, 2.24) is 20.0 Å². The molecule has 0 bridgehead atoms. The Kier molecular flexibility index (Phi) is 7.65. The summed E-state index contributed by atoms with van der Waals surface area (Å²) in [5, 5.41) is 2.98. The highest BCUT2D eigenvalue weighted by Crippen LogP contribution is 2.35. The van der Waals surface area contributed by atoms with Gasteiger partial charge in [0, 0.05) is 59.1 Å². The minimum absolute atomic E-state index is 0.00206. The molecule has 1 aromatic carbocycles. The van der Waals surface area contributed by atoms with Crippen molar-refractivity contribution < 1.29 is 19.1 Å². The molecule has 1 aromatic rings. The van der Waals surface area contributed by atoms with E-state index >= 15 is 0 Å². The van der Waals surface area contributed by atoms with Crippen molar-refractivity contribution in [3.05, 3.63) is 35.9 Å². The summed E-state index contributed by atoms with van der Waals surface area (Å²) in [5.74, 6) is 0.185. The highest BCUT2D eigenvalue weighted by atomic mass is 16.5. The van der Waals surface area contributed by atoms with Gasteiger partial charge in [-0.15, -0.1) is 0 Å². The van der Waals surface area contributed by atoms with Gasteiger partial charge in [0.15, 0.2) is 0 Å². The third-order valence-corrected chi connectivity index (χ3v) is 7.05. The van der Waals surface area contributed by atoms with Crippen LogP contribution in [0.25, 0.3) is 0 Å². The molecule has 0 radical (unpaired) electrons. The van der Waals surface area contributed by atoms with E-state index in [1.165, 1.54) is 0 Å². The lowest BCUT2D eigenvalue weighted by Crippen LogP contribution is -2.68. The van der Waals surface area contributed by atoms with Crippen molar-refractivity contribution >= 4 is 11.9 Å². The summed E-state index contributed by atoms with van der Waals surface area (Å²) in [6, 6.07) is 10.5. The number of rotatable bonds is 7. The lowest BCUT2D eigenvalue weighted by atomic mass is 9.88. The predicted octanol–water partition coefficient (Wildman–Crippen LogP) is 1.70. The highest BCUT2D eigenvalue weighted by Gasteiger charge is 2.50. The number of urea groups is 1. The molecule has 176 valence electrons. The van der Waals surface area contributed by atoms with Crippen LogP contribution in [0.5, 0.6) is 0 Å². The third-order valence-electron chi connectivity index (χ3n) is 7.05. The number of nitrogens with zero attached hydrogens (tertiary/aromatic N) is 3. The molecule has 0 saturated carbocycles. The Hall–Kier alpha value is -2.16. The molecule has 1 atom stereocenters. The fourth-order valence-corrected chi connectivity index (χ4v) is 5.26. The molecule has 1 spiro atoms. The summed E-state index contributed by atoms with van der Waals surface area (Å²) < 4.78 is 10.9. The molecule has 8 heteroatoms. The molecule has 3 amide bonds. The number of methoxy groups -OCH3 is 1. The van der Waals surface area contributed by atoms with E-state index in [0.717, 1.165) is 50.9 Å². The summed E-state index contributed by atoms with van der Waals surface area (Å²) >= 11 is 0. The molecule has 32 heavy (non-hydrogen) atoms. The summed E-state index contributed by atoms with van der Waals surface area (Å²) in [7, 11) is 1.67. The average molecular weight is 445 g/mol. The first kappa shape index (κ1) is 23.0. The summed E-state index contributed by atoms with van der Waals surface area (Å²) in [6.07, 6.45) is 3.54. The third kappa shape index (κ3) is 5.24. The van der Waals surface area contributed by atoms with Crippen LogP contribution in [-0.4, -0.2) is 97.9 Å². The van der Waals surface area contributed by atoms with Gasteiger partial charge in [-0.2, -0.15) is 0 Å². The largest absolute Gasteiger partial charge is 0.385 e. The quantitative estimate of drug-likeness (QED) is 0.648. The first-order valence-electron chi connectivity index (χ1n) is 11.8. The van der Waals surface area contributed by atoms with Gasteiger partial charge in [-0.05, 0) is 31.2 Å². The lowest BCUT2D eigenvalue weighted by molar-refractivity contribution is -0.148. The number of benzene rings is 1. The number of piperazine rings is 1. The Morgan fingerprint density at radius 1 is 1.25 bits per heavy atom. The SMILES string of the molecule is COCCCNC(=O)N1CCC(N2CC(=O)N(Cc3ccccc3)CC23CCOC3)CC1. The second kappa shape index (κ2) is 10.6. The van der Waals surface area contributed by atoms with Crippen molar-refractivity contribution in [2.24, 2.45) is 0 Å². The fraction of sp³-hybridized carbons (Fsp3) is 0.667. The van der Waals surface area contributed by atoms with Crippen molar-refractivity contribution in [3.8, 4) is 0 Å². The maximum atomic E-state index is 13.1. The fourth-order valence-electron chi connectivity index (χ4n) is 5.26. The number of ether oxygens (including phenoxy) is 2. The normalized spacial score (nSPS) is 25.0. The molecule has 1 unspecified atom stereocenters. The Labute approximate surface area is 190 Å². The Morgan fingerprint density at radius 2 is 2.03 bits per heavy atom. The molecule has 3 heterocycles. The Bertz CT molecular complexity index is 761. The topological polar surface area (TPSA) is 74.4 Å².